The monoisotopic (exact) mass is 471 g/mol. The molecule has 2 N–H and O–H groups in total. The van der Waals surface area contributed by atoms with Crippen molar-refractivity contribution in [1.82, 2.24) is 9.88 Å². The number of hydrogen-bond donors (Lipinski definition) is 2. The van der Waals surface area contributed by atoms with Crippen LogP contribution in [0.5, 0.6) is 0 Å². The molecule has 1 saturated heterocycles. The van der Waals surface area contributed by atoms with Crippen molar-refractivity contribution in [2.24, 2.45) is 4.99 Å². The van der Waals surface area contributed by atoms with Crippen molar-refractivity contribution < 1.29 is 14.4 Å². The summed E-state index contributed by atoms with van der Waals surface area (Å²) in [6, 6.07) is 6.63. The fourth-order valence-electron chi connectivity index (χ4n) is 3.42. The Morgan fingerprint density at radius 2 is 1.88 bits per heavy atom. The fourth-order valence-corrected chi connectivity index (χ4v) is 5.40. The van der Waals surface area contributed by atoms with Crippen LogP contribution in [0.4, 0.5) is 10.8 Å². The van der Waals surface area contributed by atoms with Gasteiger partial charge in [-0.25, -0.2) is 4.98 Å². The van der Waals surface area contributed by atoms with Crippen molar-refractivity contribution in [2.75, 3.05) is 23.7 Å². The van der Waals surface area contributed by atoms with Crippen molar-refractivity contribution in [3.63, 3.8) is 0 Å². The van der Waals surface area contributed by atoms with Crippen molar-refractivity contribution in [3.05, 3.63) is 40.9 Å². The highest BCUT2D eigenvalue weighted by atomic mass is 32.2. The number of nitrogens with zero attached hydrogens (tertiary/aromatic N) is 3. The van der Waals surface area contributed by atoms with Gasteiger partial charge in [0.1, 0.15) is 5.25 Å². The molecule has 1 atom stereocenters. The Morgan fingerprint density at radius 3 is 2.53 bits per heavy atom. The number of thioether (sulfide) groups is 1. The normalized spacial score (nSPS) is 18.2. The minimum absolute atomic E-state index is 0.0643. The number of amidine groups is 1. The second kappa shape index (κ2) is 9.83. The van der Waals surface area contributed by atoms with Gasteiger partial charge in [-0.3, -0.25) is 19.7 Å². The molecule has 0 radical (unpaired) electrons. The maximum Gasteiger partial charge on any atom is 0.262 e. The summed E-state index contributed by atoms with van der Waals surface area (Å²) in [5.74, 6) is -0.458. The Labute approximate surface area is 194 Å². The number of thiazole rings is 1. The zero-order valence-corrected chi connectivity index (χ0v) is 19.6. The molecule has 3 amide bonds. The highest BCUT2D eigenvalue weighted by molar-refractivity contribution is 8.15. The first-order valence-electron chi connectivity index (χ1n) is 10.6. The number of amides is 3. The summed E-state index contributed by atoms with van der Waals surface area (Å²) < 4.78 is 0. The smallest absolute Gasteiger partial charge is 0.262 e. The molecule has 1 aromatic carbocycles. The molecular weight excluding hydrogens is 446 g/mol. The Morgan fingerprint density at radius 1 is 1.16 bits per heavy atom. The average Bonchev–Trinajstić information content (AvgIpc) is 3.50. The molecule has 1 aromatic heterocycles. The van der Waals surface area contributed by atoms with Gasteiger partial charge in [0.15, 0.2) is 10.3 Å². The largest absolute Gasteiger partial charge is 0.351 e. The standard InChI is InChI=1S/C22H25N5O3S2/c1-13(2)16-12-31-21(24-16)25-19(29)14-5-7-15(8-6-14)23-18(28)11-17-20(30)26-22(32-17)27-9-3-4-10-27/h5-8,12-13,17H,3-4,9-11H2,1-2H3,(H,23,28)(H,24,25,29). The van der Waals surface area contributed by atoms with Crippen LogP contribution in [0, 0.1) is 0 Å². The van der Waals surface area contributed by atoms with Gasteiger partial charge in [0.2, 0.25) is 5.91 Å². The van der Waals surface area contributed by atoms with Gasteiger partial charge in [0.25, 0.3) is 11.8 Å². The van der Waals surface area contributed by atoms with E-state index in [9.17, 15) is 14.4 Å². The van der Waals surface area contributed by atoms with Crippen molar-refractivity contribution >= 4 is 56.8 Å². The van der Waals surface area contributed by atoms with Gasteiger partial charge >= 0.3 is 0 Å². The molecule has 32 heavy (non-hydrogen) atoms. The summed E-state index contributed by atoms with van der Waals surface area (Å²) in [6.45, 7) is 5.93. The third-order valence-electron chi connectivity index (χ3n) is 5.24. The van der Waals surface area contributed by atoms with Gasteiger partial charge in [0.05, 0.1) is 5.69 Å². The molecule has 2 aliphatic rings. The summed E-state index contributed by atoms with van der Waals surface area (Å²) in [5.41, 5.74) is 1.98. The number of aliphatic imine (C=N–C) groups is 1. The van der Waals surface area contributed by atoms with Gasteiger partial charge in [-0.05, 0) is 43.0 Å². The molecule has 0 aliphatic carbocycles. The van der Waals surface area contributed by atoms with Crippen LogP contribution in [0.3, 0.4) is 0 Å². The SMILES string of the molecule is CC(C)c1csc(NC(=O)c2ccc(NC(=O)CC3SC(N4CCCC4)=NC3=O)cc2)n1. The quantitative estimate of drug-likeness (QED) is 0.661. The molecule has 4 rings (SSSR count). The van der Waals surface area contributed by atoms with Crippen LogP contribution in [0.2, 0.25) is 0 Å². The number of carbonyl (C=O) groups is 3. The summed E-state index contributed by atoms with van der Waals surface area (Å²) in [5, 5.41) is 8.34. The third-order valence-corrected chi connectivity index (χ3v) is 7.23. The van der Waals surface area contributed by atoms with E-state index in [0.717, 1.165) is 36.8 Å². The highest BCUT2D eigenvalue weighted by Gasteiger charge is 2.33. The van der Waals surface area contributed by atoms with Crippen LogP contribution in [0.15, 0.2) is 34.6 Å². The Kier molecular flexibility index (Phi) is 6.90. The number of anilines is 2. The number of carbonyl (C=O) groups excluding carboxylic acids is 3. The number of nitrogens with one attached hydrogen (secondary N) is 2. The number of benzene rings is 1. The molecule has 2 aliphatic heterocycles. The zero-order chi connectivity index (χ0) is 22.7. The van der Waals surface area contributed by atoms with E-state index < -0.39 is 5.25 Å². The molecule has 168 valence electrons. The maximum absolute atomic E-state index is 12.4. The molecule has 10 heteroatoms. The number of hydrogen-bond acceptors (Lipinski definition) is 7. The predicted octanol–water partition coefficient (Wildman–Crippen LogP) is 3.94. The van der Waals surface area contributed by atoms with Crippen molar-refractivity contribution in [3.8, 4) is 0 Å². The van der Waals surface area contributed by atoms with Crippen LogP contribution in [0.25, 0.3) is 0 Å². The summed E-state index contributed by atoms with van der Waals surface area (Å²) in [4.78, 5) is 47.7. The summed E-state index contributed by atoms with van der Waals surface area (Å²) in [7, 11) is 0. The van der Waals surface area contributed by atoms with Gasteiger partial charge in [-0.1, -0.05) is 25.6 Å². The minimum Gasteiger partial charge on any atom is -0.351 e. The van der Waals surface area contributed by atoms with Crippen LogP contribution < -0.4 is 10.6 Å². The van der Waals surface area contributed by atoms with E-state index in [2.05, 4.69) is 39.4 Å². The lowest BCUT2D eigenvalue weighted by atomic mass is 10.2. The van der Waals surface area contributed by atoms with Gasteiger partial charge in [-0.2, -0.15) is 4.99 Å². The molecule has 0 spiro atoms. The molecule has 0 saturated carbocycles. The van der Waals surface area contributed by atoms with Crippen LogP contribution in [-0.4, -0.2) is 51.1 Å². The lowest BCUT2D eigenvalue weighted by molar-refractivity contribution is -0.121. The van der Waals surface area contributed by atoms with Crippen molar-refractivity contribution in [2.45, 2.75) is 44.3 Å². The van der Waals surface area contributed by atoms with Crippen LogP contribution >= 0.6 is 23.1 Å². The lowest BCUT2D eigenvalue weighted by Crippen LogP contribution is -2.25. The van der Waals surface area contributed by atoms with E-state index in [1.165, 1.54) is 23.1 Å². The molecule has 1 fully saturated rings. The molecule has 8 nitrogen and oxygen atoms in total. The minimum atomic E-state index is -0.482. The molecule has 3 heterocycles. The topological polar surface area (TPSA) is 104 Å². The first-order chi connectivity index (χ1) is 15.4. The van der Waals surface area contributed by atoms with E-state index in [-0.39, 0.29) is 24.1 Å². The number of rotatable bonds is 6. The number of aromatic nitrogens is 1. The van der Waals surface area contributed by atoms with E-state index in [1.54, 1.807) is 24.3 Å². The van der Waals surface area contributed by atoms with E-state index in [0.29, 0.717) is 22.3 Å². The maximum atomic E-state index is 12.4. The first kappa shape index (κ1) is 22.5. The van der Waals surface area contributed by atoms with Gasteiger partial charge in [-0.15, -0.1) is 11.3 Å². The average molecular weight is 472 g/mol. The molecule has 0 bridgehead atoms. The summed E-state index contributed by atoms with van der Waals surface area (Å²) in [6.07, 6.45) is 2.28. The predicted molar refractivity (Wildman–Crippen MR) is 128 cm³/mol. The van der Waals surface area contributed by atoms with E-state index in [1.807, 2.05) is 5.38 Å². The van der Waals surface area contributed by atoms with Crippen LogP contribution in [0.1, 0.15) is 55.1 Å². The van der Waals surface area contributed by atoms with Gasteiger partial charge in [0, 0.05) is 36.1 Å². The Hall–Kier alpha value is -2.72. The Balaban J connectivity index is 1.28. The van der Waals surface area contributed by atoms with Crippen molar-refractivity contribution in [1.29, 1.82) is 0 Å². The van der Waals surface area contributed by atoms with E-state index in [4.69, 9.17) is 0 Å². The highest BCUT2D eigenvalue weighted by Crippen LogP contribution is 2.29. The molecule has 1 unspecified atom stereocenters. The second-order valence-electron chi connectivity index (χ2n) is 8.05. The Bertz CT molecular complexity index is 1040. The number of likely N-dealkylation sites (tertiary alicyclic amines) is 1. The van der Waals surface area contributed by atoms with Gasteiger partial charge < -0.3 is 10.2 Å². The first-order valence-corrected chi connectivity index (χ1v) is 12.4. The van der Waals surface area contributed by atoms with Crippen LogP contribution in [-0.2, 0) is 9.59 Å². The molecule has 2 aromatic rings. The molecular formula is C22H25N5O3S2. The lowest BCUT2D eigenvalue weighted by Gasteiger charge is -2.16. The zero-order valence-electron chi connectivity index (χ0n) is 18.0. The fraction of sp³-hybridized carbons (Fsp3) is 0.409. The summed E-state index contributed by atoms with van der Waals surface area (Å²) >= 11 is 2.77. The second-order valence-corrected chi connectivity index (χ2v) is 10.1. The van der Waals surface area contributed by atoms with E-state index >= 15 is 0 Å². The third kappa shape index (κ3) is 5.36.